The molecule has 0 nitrogen and oxygen atoms in total. The predicted octanol–water partition coefficient (Wildman–Crippen LogP) is 6.32. The van der Waals surface area contributed by atoms with Crippen LogP contribution in [-0.2, 0) is 5.41 Å². The molecule has 0 radical (unpaired) electrons. The van der Waals surface area contributed by atoms with E-state index in [0.29, 0.717) is 10.7 Å². The van der Waals surface area contributed by atoms with E-state index < -0.39 is 0 Å². The predicted molar refractivity (Wildman–Crippen MR) is 96.2 cm³/mol. The van der Waals surface area contributed by atoms with Gasteiger partial charge in [-0.1, -0.05) is 85.6 Å². The van der Waals surface area contributed by atoms with Gasteiger partial charge in [0, 0.05) is 4.83 Å². The van der Waals surface area contributed by atoms with Gasteiger partial charge in [-0.3, -0.25) is 0 Å². The van der Waals surface area contributed by atoms with Crippen molar-refractivity contribution in [2.75, 3.05) is 0 Å². The van der Waals surface area contributed by atoms with E-state index in [-0.39, 0.29) is 5.41 Å². The quantitative estimate of drug-likeness (QED) is 0.559. The molecule has 2 aromatic rings. The minimum atomic E-state index is 0.204. The highest BCUT2D eigenvalue weighted by atomic mass is 79.9. The van der Waals surface area contributed by atoms with Gasteiger partial charge in [0.15, 0.2) is 0 Å². The lowest BCUT2D eigenvalue weighted by molar-refractivity contribution is 0.215. The van der Waals surface area contributed by atoms with E-state index >= 15 is 0 Å². The lowest BCUT2D eigenvalue weighted by atomic mass is 9.65. The molecule has 0 bridgehead atoms. The Hall–Kier alpha value is -0.820. The maximum absolute atomic E-state index is 3.99. The van der Waals surface area contributed by atoms with Crippen LogP contribution in [-0.4, -0.2) is 4.83 Å². The molecule has 21 heavy (non-hydrogen) atoms. The summed E-state index contributed by atoms with van der Waals surface area (Å²) in [7, 11) is 0. The first-order valence-electron chi connectivity index (χ1n) is 8.12. The average Bonchev–Trinajstić information content (AvgIpc) is 2.46. The monoisotopic (exact) mass is 344 g/mol. The second-order valence-corrected chi connectivity index (χ2v) is 8.47. The Morgan fingerprint density at radius 3 is 2.48 bits per heavy atom. The molecule has 0 amide bonds. The SMILES string of the molecule is CC1CCC(C(C)(C)c2cccc3ccccc23)C(Br)C1. The Morgan fingerprint density at radius 1 is 1.00 bits per heavy atom. The molecule has 1 heteroatoms. The van der Waals surface area contributed by atoms with Gasteiger partial charge in [-0.25, -0.2) is 0 Å². The largest absolute Gasteiger partial charge is 0.0887 e. The topological polar surface area (TPSA) is 0 Å². The molecule has 3 rings (SSSR count). The number of rotatable bonds is 2. The summed E-state index contributed by atoms with van der Waals surface area (Å²) in [6.07, 6.45) is 3.99. The van der Waals surface area contributed by atoms with Crippen molar-refractivity contribution < 1.29 is 0 Å². The summed E-state index contributed by atoms with van der Waals surface area (Å²) in [4.78, 5) is 0.634. The van der Waals surface area contributed by atoms with Crippen molar-refractivity contribution in [3.63, 3.8) is 0 Å². The fraction of sp³-hybridized carbons (Fsp3) is 0.500. The fourth-order valence-electron chi connectivity index (χ4n) is 4.11. The van der Waals surface area contributed by atoms with Crippen molar-refractivity contribution in [2.45, 2.75) is 50.3 Å². The van der Waals surface area contributed by atoms with Crippen molar-refractivity contribution in [1.29, 1.82) is 0 Å². The van der Waals surface area contributed by atoms with E-state index in [2.05, 4.69) is 79.2 Å². The highest BCUT2D eigenvalue weighted by molar-refractivity contribution is 9.09. The Labute approximate surface area is 137 Å². The van der Waals surface area contributed by atoms with Crippen molar-refractivity contribution >= 4 is 26.7 Å². The van der Waals surface area contributed by atoms with Gasteiger partial charge in [-0.2, -0.15) is 0 Å². The third kappa shape index (κ3) is 2.77. The smallest absolute Gasteiger partial charge is 0.0184 e. The number of hydrogen-bond donors (Lipinski definition) is 0. The number of alkyl halides is 1. The summed E-state index contributed by atoms with van der Waals surface area (Å²) in [6.45, 7) is 7.25. The van der Waals surface area contributed by atoms with Gasteiger partial charge >= 0.3 is 0 Å². The Morgan fingerprint density at radius 2 is 1.71 bits per heavy atom. The second-order valence-electron chi connectivity index (χ2n) is 7.29. The summed E-state index contributed by atoms with van der Waals surface area (Å²) in [5.41, 5.74) is 1.71. The molecule has 1 aliphatic rings. The lowest BCUT2D eigenvalue weighted by Crippen LogP contribution is -2.38. The van der Waals surface area contributed by atoms with Gasteiger partial charge in [0.2, 0.25) is 0 Å². The molecule has 0 spiro atoms. The van der Waals surface area contributed by atoms with Gasteiger partial charge in [-0.05, 0) is 46.4 Å². The zero-order valence-corrected chi connectivity index (χ0v) is 14.9. The molecule has 0 aliphatic heterocycles. The molecule has 1 aliphatic carbocycles. The summed E-state index contributed by atoms with van der Waals surface area (Å²) < 4.78 is 0. The molecule has 2 aromatic carbocycles. The minimum absolute atomic E-state index is 0.204. The first kappa shape index (κ1) is 15.1. The molecule has 3 unspecified atom stereocenters. The minimum Gasteiger partial charge on any atom is -0.0887 e. The molecule has 1 fully saturated rings. The van der Waals surface area contributed by atoms with E-state index in [0.717, 1.165) is 5.92 Å². The summed E-state index contributed by atoms with van der Waals surface area (Å²) in [5, 5.41) is 2.78. The van der Waals surface area contributed by atoms with Crippen LogP contribution in [0.25, 0.3) is 10.8 Å². The zero-order chi connectivity index (χ0) is 15.0. The van der Waals surface area contributed by atoms with Crippen LogP contribution in [0.15, 0.2) is 42.5 Å². The number of fused-ring (bicyclic) bond motifs is 1. The van der Waals surface area contributed by atoms with Gasteiger partial charge in [0.1, 0.15) is 0 Å². The first-order chi connectivity index (χ1) is 10.00. The van der Waals surface area contributed by atoms with Crippen LogP contribution in [0, 0.1) is 11.8 Å². The molecular weight excluding hydrogens is 320 g/mol. The molecule has 3 atom stereocenters. The van der Waals surface area contributed by atoms with Crippen LogP contribution in [0.3, 0.4) is 0 Å². The second kappa shape index (κ2) is 5.76. The van der Waals surface area contributed by atoms with Crippen LogP contribution >= 0.6 is 15.9 Å². The van der Waals surface area contributed by atoms with Crippen LogP contribution < -0.4 is 0 Å². The van der Waals surface area contributed by atoms with Gasteiger partial charge < -0.3 is 0 Å². The highest BCUT2D eigenvalue weighted by Gasteiger charge is 2.39. The van der Waals surface area contributed by atoms with Crippen LogP contribution in [0.1, 0.15) is 45.6 Å². The molecule has 1 saturated carbocycles. The van der Waals surface area contributed by atoms with Crippen LogP contribution in [0.2, 0.25) is 0 Å². The first-order valence-corrected chi connectivity index (χ1v) is 9.04. The van der Waals surface area contributed by atoms with Crippen LogP contribution in [0.4, 0.5) is 0 Å². The Bertz CT molecular complexity index is 623. The van der Waals surface area contributed by atoms with Crippen molar-refractivity contribution in [2.24, 2.45) is 11.8 Å². The molecular formula is C20H25Br. The van der Waals surface area contributed by atoms with E-state index in [1.807, 2.05) is 0 Å². The summed E-state index contributed by atoms with van der Waals surface area (Å²) in [6, 6.07) is 15.6. The summed E-state index contributed by atoms with van der Waals surface area (Å²) >= 11 is 3.99. The molecule has 0 N–H and O–H groups in total. The number of halogens is 1. The highest BCUT2D eigenvalue weighted by Crippen LogP contribution is 2.46. The van der Waals surface area contributed by atoms with E-state index in [9.17, 15) is 0 Å². The maximum Gasteiger partial charge on any atom is 0.0184 e. The number of hydrogen-bond acceptors (Lipinski definition) is 0. The fourth-order valence-corrected chi connectivity index (χ4v) is 5.67. The van der Waals surface area contributed by atoms with E-state index in [4.69, 9.17) is 0 Å². The van der Waals surface area contributed by atoms with Crippen LogP contribution in [0.5, 0.6) is 0 Å². The van der Waals surface area contributed by atoms with Gasteiger partial charge in [-0.15, -0.1) is 0 Å². The van der Waals surface area contributed by atoms with Crippen molar-refractivity contribution in [3.8, 4) is 0 Å². The normalized spacial score (nSPS) is 27.0. The van der Waals surface area contributed by atoms with Gasteiger partial charge in [0.05, 0.1) is 0 Å². The maximum atomic E-state index is 3.99. The molecule has 0 heterocycles. The van der Waals surface area contributed by atoms with Crippen molar-refractivity contribution in [3.05, 3.63) is 48.0 Å². The zero-order valence-electron chi connectivity index (χ0n) is 13.3. The standard InChI is InChI=1S/C20H25Br/c1-14-11-12-18(19(21)13-14)20(2,3)17-10-6-8-15-7-4-5-9-16(15)17/h4-10,14,18-19H,11-13H2,1-3H3. The van der Waals surface area contributed by atoms with E-state index in [1.165, 1.54) is 35.6 Å². The molecule has 0 aromatic heterocycles. The summed E-state index contributed by atoms with van der Waals surface area (Å²) in [5.74, 6) is 1.56. The third-order valence-corrected chi connectivity index (χ3v) is 6.46. The van der Waals surface area contributed by atoms with Gasteiger partial charge in [0.25, 0.3) is 0 Å². The average molecular weight is 345 g/mol. The molecule has 112 valence electrons. The Balaban J connectivity index is 2.04. The van der Waals surface area contributed by atoms with Crippen molar-refractivity contribution in [1.82, 2.24) is 0 Å². The molecule has 0 saturated heterocycles. The number of benzene rings is 2. The lowest BCUT2D eigenvalue weighted by Gasteiger charge is -2.43. The Kier molecular flexibility index (Phi) is 4.14. The third-order valence-electron chi connectivity index (χ3n) is 5.45. The van der Waals surface area contributed by atoms with E-state index in [1.54, 1.807) is 0 Å².